The predicted molar refractivity (Wildman–Crippen MR) is 77.0 cm³/mol. The van der Waals surface area contributed by atoms with Crippen LogP contribution in [0.5, 0.6) is 0 Å². The lowest BCUT2D eigenvalue weighted by molar-refractivity contribution is -0.199. The van der Waals surface area contributed by atoms with Gasteiger partial charge < -0.3 is 20.0 Å². The molecule has 106 valence electrons. The van der Waals surface area contributed by atoms with Crippen LogP contribution in [0, 0.1) is 0 Å². The summed E-state index contributed by atoms with van der Waals surface area (Å²) >= 11 is 5.32. The van der Waals surface area contributed by atoms with Crippen LogP contribution in [0.15, 0.2) is 24.3 Å². The van der Waals surface area contributed by atoms with Gasteiger partial charge in [0.15, 0.2) is 5.11 Å². The molecule has 20 heavy (non-hydrogen) atoms. The minimum atomic E-state index is -2.04. The molecule has 2 N–H and O–H groups in total. The molecule has 0 unspecified atom stereocenters. The lowest BCUT2D eigenvalue weighted by atomic mass is 9.98. The van der Waals surface area contributed by atoms with Crippen molar-refractivity contribution in [3.05, 3.63) is 35.4 Å². The Balaban J connectivity index is 2.34. The van der Waals surface area contributed by atoms with Crippen LogP contribution in [-0.4, -0.2) is 49.7 Å². The van der Waals surface area contributed by atoms with E-state index in [2.05, 4.69) is 0 Å². The number of carbonyl (C=O) groups is 1. The summed E-state index contributed by atoms with van der Waals surface area (Å²) in [6, 6.07) is 6.74. The summed E-state index contributed by atoms with van der Waals surface area (Å²) < 4.78 is 0. The minimum Gasteiger partial charge on any atom is -0.363 e. The molecule has 1 heterocycles. The topological polar surface area (TPSA) is 64.0 Å². The summed E-state index contributed by atoms with van der Waals surface area (Å²) in [5, 5.41) is 22.5. The van der Waals surface area contributed by atoms with E-state index in [0.29, 0.717) is 29.3 Å². The first-order valence-electron chi connectivity index (χ1n) is 6.62. The molecule has 2 aliphatic rings. The second-order valence-corrected chi connectivity index (χ2v) is 5.36. The maximum Gasteiger partial charge on any atom is 0.258 e. The molecule has 0 spiro atoms. The molecule has 0 aromatic heterocycles. The molecule has 0 amide bonds. The van der Waals surface area contributed by atoms with E-state index < -0.39 is 17.2 Å². The molecule has 5 nitrogen and oxygen atoms in total. The quantitative estimate of drug-likeness (QED) is 0.781. The number of Topliss-reactive ketones (excluding diaryl/α,β-unsaturated/α-hetero) is 1. The standard InChI is InChI=1S/C14H16N2O3S/c1-3-15-12(20)16(4-2)14(19)11(17)9-7-5-6-8-10(9)13(14,15)18/h5-8,18-19H,3-4H2,1-2H3/t13-,14-/m0/s1. The first-order valence-corrected chi connectivity index (χ1v) is 7.03. The molecular formula is C14H16N2O3S. The van der Waals surface area contributed by atoms with Gasteiger partial charge in [-0.1, -0.05) is 24.3 Å². The summed E-state index contributed by atoms with van der Waals surface area (Å²) in [6.07, 6.45) is 0. The molecule has 1 saturated heterocycles. The summed E-state index contributed by atoms with van der Waals surface area (Å²) in [4.78, 5) is 15.6. The van der Waals surface area contributed by atoms with Crippen LogP contribution < -0.4 is 0 Å². The highest BCUT2D eigenvalue weighted by molar-refractivity contribution is 7.80. The van der Waals surface area contributed by atoms with Crippen molar-refractivity contribution < 1.29 is 15.0 Å². The van der Waals surface area contributed by atoms with E-state index in [0.717, 1.165) is 0 Å². The second-order valence-electron chi connectivity index (χ2n) is 4.99. The number of ketones is 1. The van der Waals surface area contributed by atoms with Gasteiger partial charge in [-0.15, -0.1) is 0 Å². The van der Waals surface area contributed by atoms with Crippen molar-refractivity contribution in [2.75, 3.05) is 13.1 Å². The van der Waals surface area contributed by atoms with Crippen molar-refractivity contribution >= 4 is 23.1 Å². The molecule has 0 saturated carbocycles. The summed E-state index contributed by atoms with van der Waals surface area (Å²) in [5.74, 6) is -0.504. The van der Waals surface area contributed by atoms with E-state index in [-0.39, 0.29) is 0 Å². The third-order valence-corrected chi connectivity index (χ3v) is 4.67. The fourth-order valence-corrected chi connectivity index (χ4v) is 3.84. The first kappa shape index (κ1) is 13.5. The zero-order valence-corrected chi connectivity index (χ0v) is 12.1. The maximum atomic E-state index is 12.6. The fraction of sp³-hybridized carbons (Fsp3) is 0.429. The Morgan fingerprint density at radius 2 is 1.65 bits per heavy atom. The number of hydrogen-bond acceptors (Lipinski definition) is 4. The minimum absolute atomic E-state index is 0.294. The Hall–Kier alpha value is -1.50. The van der Waals surface area contributed by atoms with Crippen LogP contribution >= 0.6 is 12.2 Å². The molecule has 0 radical (unpaired) electrons. The van der Waals surface area contributed by atoms with Crippen LogP contribution in [0.4, 0.5) is 0 Å². The highest BCUT2D eigenvalue weighted by Gasteiger charge is 2.73. The van der Waals surface area contributed by atoms with Gasteiger partial charge in [-0.3, -0.25) is 4.79 Å². The number of carbonyl (C=O) groups excluding carboxylic acids is 1. The van der Waals surface area contributed by atoms with Crippen LogP contribution in [0.1, 0.15) is 29.8 Å². The maximum absolute atomic E-state index is 12.6. The lowest BCUT2D eigenvalue weighted by Crippen LogP contribution is -2.60. The number of likely N-dealkylation sites (N-methyl/N-ethyl adjacent to an activating group) is 2. The molecule has 1 fully saturated rings. The van der Waals surface area contributed by atoms with E-state index in [1.165, 1.54) is 9.80 Å². The molecular weight excluding hydrogens is 276 g/mol. The van der Waals surface area contributed by atoms with E-state index >= 15 is 0 Å². The van der Waals surface area contributed by atoms with Crippen molar-refractivity contribution in [2.45, 2.75) is 25.3 Å². The van der Waals surface area contributed by atoms with Gasteiger partial charge >= 0.3 is 0 Å². The summed E-state index contributed by atoms with van der Waals surface area (Å²) in [6.45, 7) is 4.36. The Kier molecular flexibility index (Phi) is 2.70. The average molecular weight is 292 g/mol. The third kappa shape index (κ3) is 1.16. The zero-order chi connectivity index (χ0) is 14.7. The first-order chi connectivity index (χ1) is 9.44. The lowest BCUT2D eigenvalue weighted by Gasteiger charge is -2.36. The molecule has 3 rings (SSSR count). The van der Waals surface area contributed by atoms with Crippen LogP contribution in [-0.2, 0) is 5.72 Å². The monoisotopic (exact) mass is 292 g/mol. The molecule has 2 atom stereocenters. The van der Waals surface area contributed by atoms with Gasteiger partial charge in [0.25, 0.3) is 5.72 Å². The Labute approximate surface area is 122 Å². The molecule has 1 aliphatic heterocycles. The number of thiocarbonyl (C=S) groups is 1. The Morgan fingerprint density at radius 1 is 1.10 bits per heavy atom. The normalized spacial score (nSPS) is 31.8. The van der Waals surface area contributed by atoms with Crippen molar-refractivity contribution in [1.29, 1.82) is 0 Å². The van der Waals surface area contributed by atoms with E-state index in [9.17, 15) is 15.0 Å². The Bertz CT molecular complexity index is 620. The SMILES string of the molecule is CCN1C(=S)N(CC)[C@]2(O)c3ccccc3C(=O)[C@@]12O. The van der Waals surface area contributed by atoms with Gasteiger partial charge in [-0.25, -0.2) is 0 Å². The van der Waals surface area contributed by atoms with Gasteiger partial charge in [-0.2, -0.15) is 0 Å². The van der Waals surface area contributed by atoms with Crippen molar-refractivity contribution in [1.82, 2.24) is 9.80 Å². The van der Waals surface area contributed by atoms with Crippen LogP contribution in [0.3, 0.4) is 0 Å². The number of aliphatic hydroxyl groups is 2. The van der Waals surface area contributed by atoms with Crippen molar-refractivity contribution in [2.24, 2.45) is 0 Å². The van der Waals surface area contributed by atoms with Gasteiger partial charge in [0.05, 0.1) is 0 Å². The number of hydrogen-bond donors (Lipinski definition) is 2. The largest absolute Gasteiger partial charge is 0.363 e. The fourth-order valence-electron chi connectivity index (χ4n) is 3.31. The van der Waals surface area contributed by atoms with Crippen molar-refractivity contribution in [3.8, 4) is 0 Å². The molecule has 0 bridgehead atoms. The summed E-state index contributed by atoms with van der Waals surface area (Å²) in [5.41, 5.74) is -3.11. The number of nitrogens with zero attached hydrogens (tertiary/aromatic N) is 2. The van der Waals surface area contributed by atoms with E-state index in [1.54, 1.807) is 31.2 Å². The van der Waals surface area contributed by atoms with E-state index in [4.69, 9.17) is 12.2 Å². The second kappa shape index (κ2) is 4.00. The molecule has 1 aromatic rings. The highest BCUT2D eigenvalue weighted by Crippen LogP contribution is 2.52. The Morgan fingerprint density at radius 3 is 2.25 bits per heavy atom. The van der Waals surface area contributed by atoms with Crippen molar-refractivity contribution in [3.63, 3.8) is 0 Å². The molecule has 1 aliphatic carbocycles. The van der Waals surface area contributed by atoms with Gasteiger partial charge in [0.1, 0.15) is 0 Å². The average Bonchev–Trinajstić information content (AvgIpc) is 2.73. The predicted octanol–water partition coefficient (Wildman–Crippen LogP) is 0.659. The van der Waals surface area contributed by atoms with E-state index in [1.807, 2.05) is 6.92 Å². The highest BCUT2D eigenvalue weighted by atomic mass is 32.1. The number of benzene rings is 1. The number of rotatable bonds is 2. The summed E-state index contributed by atoms with van der Waals surface area (Å²) in [7, 11) is 0. The van der Waals surface area contributed by atoms with Crippen LogP contribution in [0.2, 0.25) is 0 Å². The van der Waals surface area contributed by atoms with Gasteiger partial charge in [0, 0.05) is 24.2 Å². The zero-order valence-electron chi connectivity index (χ0n) is 11.3. The third-order valence-electron chi connectivity index (χ3n) is 4.23. The number of fused-ring (bicyclic) bond motifs is 3. The van der Waals surface area contributed by atoms with Gasteiger partial charge in [0.2, 0.25) is 11.5 Å². The molecule has 1 aromatic carbocycles. The van der Waals surface area contributed by atoms with Gasteiger partial charge in [-0.05, 0) is 26.1 Å². The molecule has 6 heteroatoms. The van der Waals surface area contributed by atoms with Crippen LogP contribution in [0.25, 0.3) is 0 Å². The smallest absolute Gasteiger partial charge is 0.258 e.